The van der Waals surface area contributed by atoms with Gasteiger partial charge in [-0.05, 0) is 43.9 Å². The van der Waals surface area contributed by atoms with Gasteiger partial charge in [0, 0.05) is 26.1 Å². The number of phenolic OH excluding ortho intramolecular Hbond substituents is 1. The van der Waals surface area contributed by atoms with Crippen LogP contribution in [0.3, 0.4) is 0 Å². The first kappa shape index (κ1) is 16.8. The van der Waals surface area contributed by atoms with Crippen LogP contribution in [0.4, 0.5) is 0 Å². The number of nitrogens with zero attached hydrogens (tertiary/aromatic N) is 1. The predicted molar refractivity (Wildman–Crippen MR) is 85.7 cm³/mol. The minimum absolute atomic E-state index is 0.0253. The first-order valence-corrected chi connectivity index (χ1v) is 8.09. The third-order valence-corrected chi connectivity index (χ3v) is 4.14. The minimum Gasteiger partial charge on any atom is -0.508 e. The number of phenols is 1. The van der Waals surface area contributed by atoms with Crippen molar-refractivity contribution in [3.05, 3.63) is 29.8 Å². The third-order valence-electron chi connectivity index (χ3n) is 4.14. The summed E-state index contributed by atoms with van der Waals surface area (Å²) in [6.45, 7) is 3.54. The Morgan fingerprint density at radius 3 is 2.73 bits per heavy atom. The van der Waals surface area contributed by atoms with Gasteiger partial charge in [-0.3, -0.25) is 4.79 Å². The summed E-state index contributed by atoms with van der Waals surface area (Å²) >= 11 is 0. The Bertz CT molecular complexity index is 471. The number of hydrogen-bond acceptors (Lipinski definition) is 4. The quantitative estimate of drug-likeness (QED) is 0.664. The number of nitrogens with one attached hydrogen (secondary N) is 1. The van der Waals surface area contributed by atoms with Gasteiger partial charge in [-0.15, -0.1) is 0 Å². The highest BCUT2D eigenvalue weighted by atomic mass is 16.3. The zero-order valence-electron chi connectivity index (χ0n) is 13.0. The number of benzene rings is 1. The Kier molecular flexibility index (Phi) is 6.68. The summed E-state index contributed by atoms with van der Waals surface area (Å²) in [5, 5.41) is 22.0. The van der Waals surface area contributed by atoms with E-state index in [1.165, 1.54) is 0 Å². The largest absolute Gasteiger partial charge is 0.508 e. The van der Waals surface area contributed by atoms with Crippen LogP contribution in [0.5, 0.6) is 5.75 Å². The summed E-state index contributed by atoms with van der Waals surface area (Å²) in [6, 6.07) is 7.12. The second-order valence-corrected chi connectivity index (χ2v) is 5.91. The number of hydrogen-bond donors (Lipinski definition) is 3. The van der Waals surface area contributed by atoms with E-state index in [1.807, 2.05) is 12.1 Å². The average Bonchev–Trinajstić information content (AvgIpc) is 2.52. The van der Waals surface area contributed by atoms with E-state index in [0.29, 0.717) is 19.4 Å². The number of aliphatic hydroxyl groups is 1. The van der Waals surface area contributed by atoms with E-state index >= 15 is 0 Å². The molecule has 0 unspecified atom stereocenters. The highest BCUT2D eigenvalue weighted by Crippen LogP contribution is 2.17. The number of para-hydroxylation sites is 1. The second kappa shape index (κ2) is 8.76. The molecule has 3 N–H and O–H groups in total. The predicted octanol–water partition coefficient (Wildman–Crippen LogP) is 1.29. The van der Waals surface area contributed by atoms with Gasteiger partial charge < -0.3 is 20.4 Å². The molecule has 1 saturated heterocycles. The monoisotopic (exact) mass is 306 g/mol. The van der Waals surface area contributed by atoms with Crippen molar-refractivity contribution in [3.63, 3.8) is 0 Å². The lowest BCUT2D eigenvalue weighted by atomic mass is 10.1. The van der Waals surface area contributed by atoms with Crippen LogP contribution in [-0.4, -0.2) is 53.3 Å². The maximum absolute atomic E-state index is 11.8. The lowest BCUT2D eigenvalue weighted by Gasteiger charge is -2.29. The van der Waals surface area contributed by atoms with Gasteiger partial charge >= 0.3 is 0 Å². The maximum atomic E-state index is 11.8. The molecule has 0 bridgehead atoms. The molecule has 0 spiro atoms. The molecular weight excluding hydrogens is 280 g/mol. The number of amides is 1. The molecule has 122 valence electrons. The van der Waals surface area contributed by atoms with Crippen LogP contribution in [0.2, 0.25) is 0 Å². The van der Waals surface area contributed by atoms with Gasteiger partial charge in [0.05, 0.1) is 6.10 Å². The second-order valence-electron chi connectivity index (χ2n) is 5.91. The molecule has 1 heterocycles. The fraction of sp³-hybridized carbons (Fsp3) is 0.588. The first-order chi connectivity index (χ1) is 10.6. The SMILES string of the molecule is O=C(CCc1ccccc1O)NCCCN1CCC(O)CC1. The molecule has 1 aromatic carbocycles. The smallest absolute Gasteiger partial charge is 0.220 e. The Balaban J connectivity index is 1.55. The van der Waals surface area contributed by atoms with Gasteiger partial charge in [-0.2, -0.15) is 0 Å². The summed E-state index contributed by atoms with van der Waals surface area (Å²) in [6.07, 6.45) is 3.46. The van der Waals surface area contributed by atoms with Gasteiger partial charge in [-0.25, -0.2) is 0 Å². The number of piperidine rings is 1. The summed E-state index contributed by atoms with van der Waals surface area (Å²) < 4.78 is 0. The Labute approximate surface area is 131 Å². The van der Waals surface area contributed by atoms with Crippen molar-refractivity contribution in [2.75, 3.05) is 26.2 Å². The number of aliphatic hydroxyl groups excluding tert-OH is 1. The van der Waals surface area contributed by atoms with Gasteiger partial charge in [0.25, 0.3) is 0 Å². The van der Waals surface area contributed by atoms with Gasteiger partial charge in [0.2, 0.25) is 5.91 Å². The van der Waals surface area contributed by atoms with E-state index in [4.69, 9.17) is 0 Å². The molecule has 0 atom stereocenters. The van der Waals surface area contributed by atoms with Crippen LogP contribution in [0.25, 0.3) is 0 Å². The fourth-order valence-corrected chi connectivity index (χ4v) is 2.73. The van der Waals surface area contributed by atoms with Crippen molar-refractivity contribution in [2.24, 2.45) is 0 Å². The molecule has 0 aromatic heterocycles. The van der Waals surface area contributed by atoms with E-state index in [-0.39, 0.29) is 17.8 Å². The van der Waals surface area contributed by atoms with Gasteiger partial charge in [0.1, 0.15) is 5.75 Å². The molecule has 0 saturated carbocycles. The Morgan fingerprint density at radius 1 is 1.27 bits per heavy atom. The number of carbonyl (C=O) groups excluding carboxylic acids is 1. The van der Waals surface area contributed by atoms with Crippen LogP contribution in [0.15, 0.2) is 24.3 Å². The molecule has 1 fully saturated rings. The maximum Gasteiger partial charge on any atom is 0.220 e. The molecule has 1 amide bonds. The summed E-state index contributed by atoms with van der Waals surface area (Å²) in [5.74, 6) is 0.278. The lowest BCUT2D eigenvalue weighted by Crippen LogP contribution is -2.37. The highest BCUT2D eigenvalue weighted by Gasteiger charge is 2.16. The number of carbonyl (C=O) groups is 1. The molecule has 0 aliphatic carbocycles. The average molecular weight is 306 g/mol. The van der Waals surface area contributed by atoms with Crippen molar-refractivity contribution >= 4 is 5.91 Å². The van der Waals surface area contributed by atoms with Crippen LogP contribution >= 0.6 is 0 Å². The normalized spacial score (nSPS) is 16.6. The van der Waals surface area contributed by atoms with Crippen molar-refractivity contribution in [2.45, 2.75) is 38.2 Å². The van der Waals surface area contributed by atoms with E-state index in [0.717, 1.165) is 44.5 Å². The van der Waals surface area contributed by atoms with Crippen LogP contribution in [0, 0.1) is 0 Å². The van der Waals surface area contributed by atoms with E-state index in [9.17, 15) is 15.0 Å². The number of rotatable bonds is 7. The van der Waals surface area contributed by atoms with Crippen molar-refractivity contribution < 1.29 is 15.0 Å². The van der Waals surface area contributed by atoms with E-state index in [2.05, 4.69) is 10.2 Å². The molecule has 1 aliphatic heterocycles. The van der Waals surface area contributed by atoms with Crippen LogP contribution in [-0.2, 0) is 11.2 Å². The van der Waals surface area contributed by atoms with Crippen LogP contribution in [0.1, 0.15) is 31.2 Å². The molecule has 1 aliphatic rings. The Hall–Kier alpha value is -1.59. The zero-order valence-corrected chi connectivity index (χ0v) is 13.0. The zero-order chi connectivity index (χ0) is 15.8. The third kappa shape index (κ3) is 5.66. The van der Waals surface area contributed by atoms with Gasteiger partial charge in [0.15, 0.2) is 0 Å². The lowest BCUT2D eigenvalue weighted by molar-refractivity contribution is -0.121. The number of likely N-dealkylation sites (tertiary alicyclic amines) is 1. The molecule has 22 heavy (non-hydrogen) atoms. The summed E-state index contributed by atoms with van der Waals surface area (Å²) in [4.78, 5) is 14.1. The standard InChI is InChI=1S/C17H26N2O3/c20-15-8-12-19(13-9-15)11-3-10-18-17(22)7-6-14-4-1-2-5-16(14)21/h1-2,4-5,15,20-21H,3,6-13H2,(H,18,22). The molecule has 0 radical (unpaired) electrons. The number of aryl methyl sites for hydroxylation is 1. The first-order valence-electron chi connectivity index (χ1n) is 8.09. The molecular formula is C17H26N2O3. The number of aromatic hydroxyl groups is 1. The topological polar surface area (TPSA) is 72.8 Å². The summed E-state index contributed by atoms with van der Waals surface area (Å²) in [7, 11) is 0. The van der Waals surface area contributed by atoms with Gasteiger partial charge in [-0.1, -0.05) is 18.2 Å². The van der Waals surface area contributed by atoms with Crippen LogP contribution < -0.4 is 5.32 Å². The molecule has 1 aromatic rings. The fourth-order valence-electron chi connectivity index (χ4n) is 2.73. The highest BCUT2D eigenvalue weighted by molar-refractivity contribution is 5.76. The van der Waals surface area contributed by atoms with Crippen molar-refractivity contribution in [1.29, 1.82) is 0 Å². The van der Waals surface area contributed by atoms with Crippen molar-refractivity contribution in [1.82, 2.24) is 10.2 Å². The molecule has 5 heteroatoms. The molecule has 5 nitrogen and oxygen atoms in total. The van der Waals surface area contributed by atoms with Crippen molar-refractivity contribution in [3.8, 4) is 5.75 Å². The Morgan fingerprint density at radius 2 is 2.00 bits per heavy atom. The van der Waals surface area contributed by atoms with E-state index in [1.54, 1.807) is 12.1 Å². The molecule has 2 rings (SSSR count). The summed E-state index contributed by atoms with van der Waals surface area (Å²) in [5.41, 5.74) is 0.810. The van der Waals surface area contributed by atoms with E-state index < -0.39 is 0 Å². The minimum atomic E-state index is -0.134.